The number of carbonyl (C=O) groups is 1. The lowest BCUT2D eigenvalue weighted by molar-refractivity contribution is 0.102. The first-order valence-corrected chi connectivity index (χ1v) is 5.51. The van der Waals surface area contributed by atoms with Crippen LogP contribution < -0.4 is 16.6 Å². The molecule has 1 heterocycles. The minimum Gasteiger partial charge on any atom is -0.317 e. The van der Waals surface area contributed by atoms with Crippen molar-refractivity contribution in [3.8, 4) is 0 Å². The maximum Gasteiger partial charge on any atom is 0.256 e. The highest BCUT2D eigenvalue weighted by atomic mass is 19.2. The number of hydrazine groups is 1. The molecule has 0 unspecified atom stereocenters. The van der Waals surface area contributed by atoms with E-state index >= 15 is 0 Å². The zero-order chi connectivity index (χ0) is 15.6. The van der Waals surface area contributed by atoms with E-state index in [1.54, 1.807) is 5.32 Å². The molecule has 21 heavy (non-hydrogen) atoms. The minimum atomic E-state index is -1.70. The Bertz CT molecular complexity index is 682. The number of nitrogen functional groups attached to an aromatic ring is 1. The summed E-state index contributed by atoms with van der Waals surface area (Å²) in [5.74, 6) is -2.42. The molecule has 0 aliphatic rings. The van der Waals surface area contributed by atoms with E-state index in [2.05, 4.69) is 10.4 Å². The molecule has 0 saturated heterocycles. The number of rotatable bonds is 3. The second-order valence-corrected chi connectivity index (χ2v) is 3.87. The van der Waals surface area contributed by atoms with Crippen LogP contribution in [-0.4, -0.2) is 10.9 Å². The standard InChI is InChI=1S/C12H8F4N4O/c13-6-4-7(14)10(16)11(9(6)15)19-12(21)5-1-2-18-8(3-5)20-17/h1-4H,17H2,(H,18,20)(H,19,21). The molecule has 4 N–H and O–H groups in total. The maximum absolute atomic E-state index is 13.4. The molecule has 5 nitrogen and oxygen atoms in total. The Morgan fingerprint density at radius 1 is 1.10 bits per heavy atom. The van der Waals surface area contributed by atoms with E-state index in [1.807, 2.05) is 0 Å². The lowest BCUT2D eigenvalue weighted by atomic mass is 10.2. The molecular formula is C12H8F4N4O. The Morgan fingerprint density at radius 3 is 2.29 bits per heavy atom. The van der Waals surface area contributed by atoms with E-state index in [1.165, 1.54) is 18.3 Å². The summed E-state index contributed by atoms with van der Waals surface area (Å²) < 4.78 is 52.9. The highest BCUT2D eigenvalue weighted by Crippen LogP contribution is 2.24. The highest BCUT2D eigenvalue weighted by Gasteiger charge is 2.21. The number of halogens is 4. The number of benzene rings is 1. The van der Waals surface area contributed by atoms with Gasteiger partial charge in [0.05, 0.1) is 0 Å². The van der Waals surface area contributed by atoms with Crippen LogP contribution in [0.1, 0.15) is 10.4 Å². The molecular weight excluding hydrogens is 292 g/mol. The van der Waals surface area contributed by atoms with Gasteiger partial charge in [-0.3, -0.25) is 4.79 Å². The number of anilines is 2. The van der Waals surface area contributed by atoms with Crippen molar-refractivity contribution < 1.29 is 22.4 Å². The van der Waals surface area contributed by atoms with Crippen LogP contribution >= 0.6 is 0 Å². The summed E-state index contributed by atoms with van der Waals surface area (Å²) in [5, 5.41) is 1.76. The Kier molecular flexibility index (Phi) is 4.03. The van der Waals surface area contributed by atoms with E-state index < -0.39 is 34.9 Å². The predicted molar refractivity (Wildman–Crippen MR) is 66.3 cm³/mol. The monoisotopic (exact) mass is 300 g/mol. The molecule has 0 radical (unpaired) electrons. The normalized spacial score (nSPS) is 10.3. The molecule has 1 aromatic carbocycles. The third-order valence-electron chi connectivity index (χ3n) is 2.52. The van der Waals surface area contributed by atoms with Crippen molar-refractivity contribution in [3.05, 3.63) is 53.2 Å². The lowest BCUT2D eigenvalue weighted by Gasteiger charge is -2.09. The van der Waals surface area contributed by atoms with Gasteiger partial charge in [-0.1, -0.05) is 0 Å². The van der Waals surface area contributed by atoms with Gasteiger partial charge in [-0.2, -0.15) is 0 Å². The fourth-order valence-electron chi connectivity index (χ4n) is 1.52. The van der Waals surface area contributed by atoms with Crippen LogP contribution in [0.15, 0.2) is 24.4 Å². The molecule has 0 saturated carbocycles. The van der Waals surface area contributed by atoms with Crippen LogP contribution in [0.5, 0.6) is 0 Å². The van der Waals surface area contributed by atoms with Crippen LogP contribution in [0.25, 0.3) is 0 Å². The molecule has 2 rings (SSSR count). The van der Waals surface area contributed by atoms with Gasteiger partial charge in [0.15, 0.2) is 23.3 Å². The molecule has 0 fully saturated rings. The van der Waals surface area contributed by atoms with Crippen LogP contribution in [0, 0.1) is 23.3 Å². The highest BCUT2D eigenvalue weighted by molar-refractivity contribution is 6.04. The SMILES string of the molecule is NNc1cc(C(=O)Nc2c(F)c(F)cc(F)c2F)ccn1. The van der Waals surface area contributed by atoms with Crippen molar-refractivity contribution in [1.29, 1.82) is 0 Å². The van der Waals surface area contributed by atoms with Gasteiger partial charge in [-0.05, 0) is 12.1 Å². The fraction of sp³-hybridized carbons (Fsp3) is 0. The van der Waals surface area contributed by atoms with Gasteiger partial charge in [-0.25, -0.2) is 28.4 Å². The molecule has 110 valence electrons. The van der Waals surface area contributed by atoms with Gasteiger partial charge in [-0.15, -0.1) is 0 Å². The van der Waals surface area contributed by atoms with Crippen molar-refractivity contribution in [2.24, 2.45) is 5.84 Å². The van der Waals surface area contributed by atoms with Crippen LogP contribution in [0.3, 0.4) is 0 Å². The summed E-state index contributed by atoms with van der Waals surface area (Å²) in [4.78, 5) is 15.5. The van der Waals surface area contributed by atoms with Gasteiger partial charge in [0.25, 0.3) is 5.91 Å². The summed E-state index contributed by atoms with van der Waals surface area (Å²) in [5.41, 5.74) is 0.888. The molecule has 0 aliphatic carbocycles. The van der Waals surface area contributed by atoms with Crippen LogP contribution in [0.4, 0.5) is 29.1 Å². The molecule has 0 aliphatic heterocycles. The Labute approximate surface area is 115 Å². The zero-order valence-electron chi connectivity index (χ0n) is 10.3. The summed E-state index contributed by atoms with van der Waals surface area (Å²) in [6.07, 6.45) is 1.21. The van der Waals surface area contributed by atoms with E-state index in [9.17, 15) is 22.4 Å². The van der Waals surface area contributed by atoms with Crippen LogP contribution in [-0.2, 0) is 0 Å². The number of carbonyl (C=O) groups excluding carboxylic acids is 1. The Morgan fingerprint density at radius 2 is 1.71 bits per heavy atom. The van der Waals surface area contributed by atoms with Crippen molar-refractivity contribution in [2.45, 2.75) is 0 Å². The van der Waals surface area contributed by atoms with E-state index in [4.69, 9.17) is 5.84 Å². The molecule has 1 amide bonds. The average Bonchev–Trinajstić information content (AvgIpc) is 2.49. The van der Waals surface area contributed by atoms with Crippen molar-refractivity contribution >= 4 is 17.4 Å². The molecule has 1 aromatic heterocycles. The van der Waals surface area contributed by atoms with E-state index in [0.29, 0.717) is 0 Å². The van der Waals surface area contributed by atoms with Crippen molar-refractivity contribution in [3.63, 3.8) is 0 Å². The maximum atomic E-state index is 13.4. The summed E-state index contributed by atoms with van der Waals surface area (Å²) >= 11 is 0. The molecule has 0 spiro atoms. The first-order chi connectivity index (χ1) is 9.93. The third-order valence-corrected chi connectivity index (χ3v) is 2.52. The summed E-state index contributed by atoms with van der Waals surface area (Å²) in [6, 6.07) is 2.45. The molecule has 9 heteroatoms. The fourth-order valence-corrected chi connectivity index (χ4v) is 1.52. The van der Waals surface area contributed by atoms with E-state index in [-0.39, 0.29) is 17.4 Å². The average molecular weight is 300 g/mol. The summed E-state index contributed by atoms with van der Waals surface area (Å²) in [7, 11) is 0. The number of amides is 1. The van der Waals surface area contributed by atoms with Gasteiger partial charge in [0.1, 0.15) is 11.5 Å². The smallest absolute Gasteiger partial charge is 0.256 e. The number of nitrogens with zero attached hydrogens (tertiary/aromatic N) is 1. The first kappa shape index (κ1) is 14.7. The quantitative estimate of drug-likeness (QED) is 0.351. The number of hydrogen-bond donors (Lipinski definition) is 3. The largest absolute Gasteiger partial charge is 0.317 e. The van der Waals surface area contributed by atoms with Gasteiger partial charge in [0.2, 0.25) is 0 Å². The van der Waals surface area contributed by atoms with Gasteiger partial charge >= 0.3 is 0 Å². The number of pyridine rings is 1. The molecule has 0 atom stereocenters. The Balaban J connectivity index is 2.36. The van der Waals surface area contributed by atoms with Crippen molar-refractivity contribution in [2.75, 3.05) is 10.7 Å². The molecule has 0 bridgehead atoms. The van der Waals surface area contributed by atoms with E-state index in [0.717, 1.165) is 0 Å². The minimum absolute atomic E-state index is 0.0448. The molecule has 2 aromatic rings. The zero-order valence-corrected chi connectivity index (χ0v) is 10.3. The number of nitrogens with two attached hydrogens (primary N) is 1. The number of hydrogen-bond acceptors (Lipinski definition) is 4. The Hall–Kier alpha value is -2.68. The topological polar surface area (TPSA) is 80.0 Å². The predicted octanol–water partition coefficient (Wildman–Crippen LogP) is 2.18. The van der Waals surface area contributed by atoms with Gasteiger partial charge in [0, 0.05) is 17.8 Å². The third kappa shape index (κ3) is 2.92. The van der Waals surface area contributed by atoms with Crippen molar-refractivity contribution in [1.82, 2.24) is 4.98 Å². The number of aromatic nitrogens is 1. The first-order valence-electron chi connectivity index (χ1n) is 5.51. The van der Waals surface area contributed by atoms with Crippen LogP contribution in [0.2, 0.25) is 0 Å². The summed E-state index contributed by atoms with van der Waals surface area (Å²) in [6.45, 7) is 0. The number of nitrogens with one attached hydrogen (secondary N) is 2. The second kappa shape index (κ2) is 5.75. The van der Waals surface area contributed by atoms with Gasteiger partial charge < -0.3 is 10.7 Å². The lowest BCUT2D eigenvalue weighted by Crippen LogP contribution is -2.17. The second-order valence-electron chi connectivity index (χ2n) is 3.87.